The van der Waals surface area contributed by atoms with E-state index in [2.05, 4.69) is 36.7 Å². The van der Waals surface area contributed by atoms with Gasteiger partial charge in [0.05, 0.1) is 17.6 Å². The lowest BCUT2D eigenvalue weighted by molar-refractivity contribution is 0.585. The molecule has 5 rings (SSSR count). The highest BCUT2D eigenvalue weighted by atomic mass is 32.2. The van der Waals surface area contributed by atoms with E-state index in [-0.39, 0.29) is 11.3 Å². The Kier molecular flexibility index (Phi) is 5.13. The Morgan fingerprint density at radius 1 is 1.03 bits per heavy atom. The summed E-state index contributed by atoms with van der Waals surface area (Å²) < 4.78 is 56.2. The fourth-order valence-electron chi connectivity index (χ4n) is 3.47. The van der Waals surface area contributed by atoms with Crippen LogP contribution in [0.15, 0.2) is 73.2 Å². The number of pyridine rings is 1. The number of aromatic amines is 1. The van der Waals surface area contributed by atoms with Gasteiger partial charge in [-0.1, -0.05) is 6.58 Å². The number of nitrogens with zero attached hydrogens (tertiary/aromatic N) is 5. The molecule has 2 aromatic carbocycles. The van der Waals surface area contributed by atoms with Gasteiger partial charge in [0, 0.05) is 28.8 Å². The molecule has 0 radical (unpaired) electrons. The predicted octanol–water partition coefficient (Wildman–Crippen LogP) is 4.04. The fourth-order valence-corrected chi connectivity index (χ4v) is 3.99. The molecular formula is C22H15F2N7O2S. The van der Waals surface area contributed by atoms with Crippen LogP contribution in [-0.4, -0.2) is 38.4 Å². The number of H-pyrrole nitrogens is 1. The van der Waals surface area contributed by atoms with Crippen LogP contribution in [-0.2, 0) is 10.0 Å². The summed E-state index contributed by atoms with van der Waals surface area (Å²) in [4.78, 5) is 8.85. The number of hydrogen-bond acceptors (Lipinski definition) is 6. The van der Waals surface area contributed by atoms with Gasteiger partial charge in [-0.05, 0) is 42.0 Å². The van der Waals surface area contributed by atoms with Gasteiger partial charge in [-0.3, -0.25) is 9.29 Å². The summed E-state index contributed by atoms with van der Waals surface area (Å²) in [7, 11) is -3.84. The van der Waals surface area contributed by atoms with E-state index in [0.29, 0.717) is 33.7 Å². The molecule has 0 saturated heterocycles. The number of anilines is 1. The van der Waals surface area contributed by atoms with E-state index >= 15 is 0 Å². The van der Waals surface area contributed by atoms with Crippen LogP contribution in [0.4, 0.5) is 14.5 Å². The van der Waals surface area contributed by atoms with Crippen LogP contribution in [0.3, 0.4) is 0 Å². The number of fused-ring (bicyclic) bond motifs is 1. The van der Waals surface area contributed by atoms with Crippen molar-refractivity contribution in [3.8, 4) is 28.1 Å². The van der Waals surface area contributed by atoms with Crippen molar-refractivity contribution in [1.82, 2.24) is 29.9 Å². The van der Waals surface area contributed by atoms with Crippen molar-refractivity contribution in [3.63, 3.8) is 0 Å². The summed E-state index contributed by atoms with van der Waals surface area (Å²) in [5.74, 6) is -1.52. The van der Waals surface area contributed by atoms with Crippen LogP contribution in [0.1, 0.15) is 0 Å². The maximum absolute atomic E-state index is 14.5. The highest BCUT2D eigenvalue weighted by Gasteiger charge is 2.15. The molecule has 170 valence electrons. The Bertz CT molecular complexity index is 1650. The minimum Gasteiger partial charge on any atom is -0.283 e. The minimum atomic E-state index is -3.84. The molecule has 0 atom stereocenters. The average molecular weight is 479 g/mol. The molecule has 0 spiro atoms. The van der Waals surface area contributed by atoms with E-state index in [1.165, 1.54) is 18.5 Å². The Labute approximate surface area is 191 Å². The van der Waals surface area contributed by atoms with Crippen molar-refractivity contribution in [2.24, 2.45) is 0 Å². The van der Waals surface area contributed by atoms with Gasteiger partial charge in [0.25, 0.3) is 10.0 Å². The van der Waals surface area contributed by atoms with Crippen molar-refractivity contribution >= 4 is 26.9 Å². The number of sulfonamides is 1. The first-order valence-electron chi connectivity index (χ1n) is 9.78. The Morgan fingerprint density at radius 2 is 1.88 bits per heavy atom. The zero-order chi connectivity index (χ0) is 23.9. The third kappa shape index (κ3) is 4.01. The lowest BCUT2D eigenvalue weighted by atomic mass is 10.0. The summed E-state index contributed by atoms with van der Waals surface area (Å²) in [6, 6.07) is 9.55. The average Bonchev–Trinajstić information content (AvgIpc) is 3.48. The smallest absolute Gasteiger partial charge is 0.254 e. The maximum Gasteiger partial charge on any atom is 0.254 e. The monoisotopic (exact) mass is 479 g/mol. The van der Waals surface area contributed by atoms with Crippen LogP contribution < -0.4 is 4.72 Å². The topological polar surface area (TPSA) is 118 Å². The summed E-state index contributed by atoms with van der Waals surface area (Å²) >= 11 is 0. The second kappa shape index (κ2) is 8.15. The van der Waals surface area contributed by atoms with Gasteiger partial charge >= 0.3 is 0 Å². The van der Waals surface area contributed by atoms with Crippen molar-refractivity contribution in [2.75, 3.05) is 4.72 Å². The van der Waals surface area contributed by atoms with Gasteiger partial charge in [-0.15, -0.1) is 0 Å². The van der Waals surface area contributed by atoms with Crippen molar-refractivity contribution < 1.29 is 17.2 Å². The molecule has 3 aromatic heterocycles. The van der Waals surface area contributed by atoms with E-state index in [0.717, 1.165) is 17.5 Å². The number of rotatable bonds is 6. The van der Waals surface area contributed by atoms with Crippen LogP contribution in [0, 0.1) is 11.6 Å². The molecule has 0 unspecified atom stereocenters. The summed E-state index contributed by atoms with van der Waals surface area (Å²) in [6.45, 7) is 3.29. The van der Waals surface area contributed by atoms with Crippen LogP contribution >= 0.6 is 0 Å². The molecule has 5 aromatic rings. The molecule has 0 bridgehead atoms. The Morgan fingerprint density at radius 3 is 2.62 bits per heavy atom. The molecule has 0 aliphatic rings. The Hall–Kier alpha value is -4.45. The first kappa shape index (κ1) is 21.4. The van der Waals surface area contributed by atoms with E-state index in [1.807, 2.05) is 0 Å². The molecule has 34 heavy (non-hydrogen) atoms. The number of halogens is 2. The van der Waals surface area contributed by atoms with Crippen molar-refractivity contribution in [3.05, 3.63) is 84.8 Å². The highest BCUT2D eigenvalue weighted by molar-refractivity contribution is 7.95. The number of hydrogen-bond donors (Lipinski definition) is 2. The van der Waals surface area contributed by atoms with Crippen LogP contribution in [0.2, 0.25) is 0 Å². The van der Waals surface area contributed by atoms with Gasteiger partial charge in [-0.25, -0.2) is 27.2 Å². The first-order valence-corrected chi connectivity index (χ1v) is 11.3. The highest BCUT2D eigenvalue weighted by Crippen LogP contribution is 2.31. The standard InChI is InChI=1S/C22H15F2N7O2S/c1-2-34(32,33)29-16-5-13(18-4-3-15(23)8-19(18)24)6-17(9-16)31-12-26-20-7-14(10-25-22(20)31)21-11-27-30-28-21/h2-12,29H,1H2,(H,27,28,30). The van der Waals surface area contributed by atoms with Gasteiger partial charge in [0.15, 0.2) is 5.65 Å². The second-order valence-corrected chi connectivity index (χ2v) is 8.87. The van der Waals surface area contributed by atoms with E-state index in [9.17, 15) is 17.2 Å². The SMILES string of the molecule is C=CS(=O)(=O)Nc1cc(-c2ccc(F)cc2F)cc(-n2cnc3cc(-c4cn[nH]n4)cnc32)c1. The maximum atomic E-state index is 14.5. The van der Waals surface area contributed by atoms with E-state index in [4.69, 9.17) is 0 Å². The number of aromatic nitrogens is 6. The lowest BCUT2D eigenvalue weighted by Gasteiger charge is -2.13. The molecule has 0 aliphatic carbocycles. The molecule has 0 saturated carbocycles. The summed E-state index contributed by atoms with van der Waals surface area (Å²) in [6.07, 6.45) is 4.66. The molecule has 0 aliphatic heterocycles. The number of benzene rings is 2. The van der Waals surface area contributed by atoms with Crippen molar-refractivity contribution in [1.29, 1.82) is 0 Å². The van der Waals surface area contributed by atoms with Gasteiger partial charge in [0.2, 0.25) is 0 Å². The van der Waals surface area contributed by atoms with Crippen molar-refractivity contribution in [2.45, 2.75) is 0 Å². The summed E-state index contributed by atoms with van der Waals surface area (Å²) in [5.41, 5.74) is 3.33. The quantitative estimate of drug-likeness (QED) is 0.380. The third-order valence-electron chi connectivity index (χ3n) is 5.02. The van der Waals surface area contributed by atoms with E-state index < -0.39 is 21.7 Å². The fraction of sp³-hybridized carbons (Fsp3) is 0. The molecule has 12 heteroatoms. The molecular weight excluding hydrogens is 464 g/mol. The zero-order valence-electron chi connectivity index (χ0n) is 17.3. The Balaban J connectivity index is 1.67. The van der Waals surface area contributed by atoms with Crippen LogP contribution in [0.25, 0.3) is 39.2 Å². The van der Waals surface area contributed by atoms with Gasteiger partial charge in [0.1, 0.15) is 29.2 Å². The van der Waals surface area contributed by atoms with Gasteiger partial charge < -0.3 is 0 Å². The summed E-state index contributed by atoms with van der Waals surface area (Å²) in [5, 5.41) is 11.1. The minimum absolute atomic E-state index is 0.0907. The molecule has 2 N–H and O–H groups in total. The third-order valence-corrected chi connectivity index (χ3v) is 5.98. The normalized spacial score (nSPS) is 11.6. The number of imidazole rings is 1. The predicted molar refractivity (Wildman–Crippen MR) is 122 cm³/mol. The molecule has 0 fully saturated rings. The second-order valence-electron chi connectivity index (χ2n) is 7.24. The van der Waals surface area contributed by atoms with E-state index in [1.54, 1.807) is 35.2 Å². The number of nitrogens with one attached hydrogen (secondary N) is 2. The van der Waals surface area contributed by atoms with Crippen LogP contribution in [0.5, 0.6) is 0 Å². The molecule has 9 nitrogen and oxygen atoms in total. The lowest BCUT2D eigenvalue weighted by Crippen LogP contribution is -2.09. The molecule has 0 amide bonds. The first-order chi connectivity index (χ1) is 16.3. The largest absolute Gasteiger partial charge is 0.283 e. The zero-order valence-corrected chi connectivity index (χ0v) is 18.1. The molecule has 3 heterocycles. The van der Waals surface area contributed by atoms with Gasteiger partial charge in [-0.2, -0.15) is 15.4 Å².